The summed E-state index contributed by atoms with van der Waals surface area (Å²) >= 11 is 1.66. The maximum atomic E-state index is 13.5. The van der Waals surface area contributed by atoms with Crippen LogP contribution in [0, 0.1) is 0 Å². The summed E-state index contributed by atoms with van der Waals surface area (Å²) in [4.78, 5) is 29.5. The van der Waals surface area contributed by atoms with Crippen molar-refractivity contribution in [2.75, 3.05) is 4.90 Å². The van der Waals surface area contributed by atoms with Gasteiger partial charge in [0.1, 0.15) is 0 Å². The van der Waals surface area contributed by atoms with Gasteiger partial charge in [-0.1, -0.05) is 31.0 Å². The van der Waals surface area contributed by atoms with Crippen molar-refractivity contribution in [3.63, 3.8) is 0 Å². The molecule has 4 nitrogen and oxygen atoms in total. The number of para-hydroxylation sites is 1. The van der Waals surface area contributed by atoms with Gasteiger partial charge in [0.05, 0.1) is 10.8 Å². The molecule has 1 aromatic carbocycles. The van der Waals surface area contributed by atoms with Crippen molar-refractivity contribution in [2.24, 2.45) is 5.73 Å². The standard InChI is InChI=1S/C22H26N2O2S/c1-14-12-17(21(23)25)16-9-6-7-10-18(16)24(14)22(26)20-13-15-8-4-2-3-5-11-19(15)27-20/h6-7,9-10,13-14,17H,2-5,8,11-12H2,1H3,(H2,23,25)/t14-,17-/m1/s1. The second-order valence-electron chi connectivity index (χ2n) is 7.75. The number of carbonyl (C=O) groups is 2. The van der Waals surface area contributed by atoms with Gasteiger partial charge in [0, 0.05) is 16.6 Å². The minimum atomic E-state index is -0.330. The monoisotopic (exact) mass is 382 g/mol. The fraction of sp³-hybridized carbons (Fsp3) is 0.455. The van der Waals surface area contributed by atoms with Crippen molar-refractivity contribution in [1.82, 2.24) is 0 Å². The smallest absolute Gasteiger partial charge is 0.268 e. The van der Waals surface area contributed by atoms with Crippen LogP contribution in [0.5, 0.6) is 0 Å². The quantitative estimate of drug-likeness (QED) is 0.836. The molecule has 0 spiro atoms. The van der Waals surface area contributed by atoms with Crippen LogP contribution in [-0.4, -0.2) is 17.9 Å². The van der Waals surface area contributed by atoms with Crippen LogP contribution in [-0.2, 0) is 17.6 Å². The lowest BCUT2D eigenvalue weighted by Crippen LogP contribution is -2.45. The largest absolute Gasteiger partial charge is 0.369 e. The maximum Gasteiger partial charge on any atom is 0.268 e. The summed E-state index contributed by atoms with van der Waals surface area (Å²) in [6, 6.07) is 9.73. The number of rotatable bonds is 2. The molecule has 142 valence electrons. The zero-order valence-electron chi connectivity index (χ0n) is 15.7. The molecule has 27 heavy (non-hydrogen) atoms. The Morgan fingerprint density at radius 2 is 1.85 bits per heavy atom. The number of nitrogens with two attached hydrogens (primary N) is 1. The highest BCUT2D eigenvalue weighted by molar-refractivity contribution is 7.14. The highest BCUT2D eigenvalue weighted by Gasteiger charge is 2.36. The molecule has 0 fully saturated rings. The molecule has 2 aromatic rings. The molecule has 0 radical (unpaired) electrons. The molecule has 1 aliphatic carbocycles. The van der Waals surface area contributed by atoms with Crippen molar-refractivity contribution in [1.29, 1.82) is 0 Å². The molecule has 2 N–H and O–H groups in total. The molecule has 1 aliphatic heterocycles. The fourth-order valence-electron chi connectivity index (χ4n) is 4.46. The van der Waals surface area contributed by atoms with Gasteiger partial charge in [-0.3, -0.25) is 9.59 Å². The number of primary amides is 1. The van der Waals surface area contributed by atoms with E-state index in [1.165, 1.54) is 36.1 Å². The first-order valence-corrected chi connectivity index (χ1v) is 10.7. The molecule has 0 saturated heterocycles. The van der Waals surface area contributed by atoms with Crippen LogP contribution in [0.3, 0.4) is 0 Å². The van der Waals surface area contributed by atoms with Gasteiger partial charge < -0.3 is 10.6 Å². The third-order valence-corrected chi connectivity index (χ3v) is 7.08. The minimum absolute atomic E-state index is 0.0506. The van der Waals surface area contributed by atoms with Crippen LogP contribution in [0.15, 0.2) is 30.3 Å². The van der Waals surface area contributed by atoms with Crippen LogP contribution in [0.2, 0.25) is 0 Å². The molecule has 0 bridgehead atoms. The lowest BCUT2D eigenvalue weighted by Gasteiger charge is -2.38. The Balaban J connectivity index is 1.70. The van der Waals surface area contributed by atoms with Crippen LogP contribution >= 0.6 is 11.3 Å². The van der Waals surface area contributed by atoms with Crippen LogP contribution in [0.1, 0.15) is 70.6 Å². The Morgan fingerprint density at radius 1 is 1.11 bits per heavy atom. The van der Waals surface area contributed by atoms with E-state index in [1.54, 1.807) is 11.3 Å². The molecule has 2 heterocycles. The summed E-state index contributed by atoms with van der Waals surface area (Å²) in [5, 5.41) is 0. The number of carbonyl (C=O) groups excluding carboxylic acids is 2. The van der Waals surface area contributed by atoms with Crippen LogP contribution < -0.4 is 10.6 Å². The number of hydrogen-bond donors (Lipinski definition) is 1. The molecular weight excluding hydrogens is 356 g/mol. The summed E-state index contributed by atoms with van der Waals surface area (Å²) in [5.74, 6) is -0.598. The Morgan fingerprint density at radius 3 is 2.63 bits per heavy atom. The number of hydrogen-bond acceptors (Lipinski definition) is 3. The number of aryl methyl sites for hydroxylation is 2. The van der Waals surface area contributed by atoms with Crippen molar-refractivity contribution < 1.29 is 9.59 Å². The van der Waals surface area contributed by atoms with E-state index in [1.807, 2.05) is 36.1 Å². The van der Waals surface area contributed by atoms with Gasteiger partial charge in [-0.2, -0.15) is 0 Å². The average Bonchev–Trinajstić information content (AvgIpc) is 3.02. The first kappa shape index (κ1) is 18.2. The molecule has 2 aliphatic rings. The molecule has 4 rings (SSSR count). The van der Waals surface area contributed by atoms with Gasteiger partial charge in [0.25, 0.3) is 5.91 Å². The lowest BCUT2D eigenvalue weighted by molar-refractivity contribution is -0.119. The molecular formula is C22H26N2O2S. The normalized spacial score (nSPS) is 22.3. The summed E-state index contributed by atoms with van der Waals surface area (Å²) in [7, 11) is 0. The number of thiophene rings is 1. The van der Waals surface area contributed by atoms with E-state index in [2.05, 4.69) is 6.07 Å². The number of nitrogens with zero attached hydrogens (tertiary/aromatic N) is 1. The topological polar surface area (TPSA) is 63.4 Å². The maximum absolute atomic E-state index is 13.5. The average molecular weight is 383 g/mol. The summed E-state index contributed by atoms with van der Waals surface area (Å²) in [6.45, 7) is 2.01. The van der Waals surface area contributed by atoms with Gasteiger partial charge >= 0.3 is 0 Å². The Hall–Kier alpha value is -2.14. The highest BCUT2D eigenvalue weighted by atomic mass is 32.1. The summed E-state index contributed by atoms with van der Waals surface area (Å²) in [6.07, 6.45) is 7.72. The Bertz CT molecular complexity index is 847. The van der Waals surface area contributed by atoms with Crippen molar-refractivity contribution in [2.45, 2.75) is 63.8 Å². The summed E-state index contributed by atoms with van der Waals surface area (Å²) in [5.41, 5.74) is 8.68. The third kappa shape index (κ3) is 3.41. The molecule has 2 amide bonds. The van der Waals surface area contributed by atoms with E-state index < -0.39 is 0 Å². The first-order valence-electron chi connectivity index (χ1n) is 9.89. The van der Waals surface area contributed by atoms with Gasteiger partial charge in [-0.15, -0.1) is 11.3 Å². The minimum Gasteiger partial charge on any atom is -0.369 e. The lowest BCUT2D eigenvalue weighted by atomic mass is 9.85. The number of anilines is 1. The molecule has 0 saturated carbocycles. The van der Waals surface area contributed by atoms with E-state index in [-0.39, 0.29) is 23.8 Å². The molecule has 0 unspecified atom stereocenters. The van der Waals surface area contributed by atoms with Gasteiger partial charge in [0.15, 0.2) is 0 Å². The fourth-order valence-corrected chi connectivity index (χ4v) is 5.65. The Labute approximate surface area is 164 Å². The van der Waals surface area contributed by atoms with E-state index in [0.29, 0.717) is 6.42 Å². The Kier molecular flexibility index (Phi) is 5.04. The second-order valence-corrected chi connectivity index (χ2v) is 8.88. The van der Waals surface area contributed by atoms with Crippen LogP contribution in [0.4, 0.5) is 5.69 Å². The number of benzene rings is 1. The van der Waals surface area contributed by atoms with Crippen molar-refractivity contribution >= 4 is 28.8 Å². The second kappa shape index (κ2) is 7.47. The van der Waals surface area contributed by atoms with E-state index in [9.17, 15) is 9.59 Å². The van der Waals surface area contributed by atoms with Gasteiger partial charge in [-0.25, -0.2) is 0 Å². The first-order chi connectivity index (χ1) is 13.1. The molecule has 1 aromatic heterocycles. The third-order valence-electron chi connectivity index (χ3n) is 5.86. The predicted octanol–water partition coefficient (Wildman–Crippen LogP) is 4.42. The number of fused-ring (bicyclic) bond motifs is 2. The summed E-state index contributed by atoms with van der Waals surface area (Å²) < 4.78 is 0. The van der Waals surface area contributed by atoms with E-state index >= 15 is 0 Å². The molecule has 5 heteroatoms. The van der Waals surface area contributed by atoms with Crippen molar-refractivity contribution in [3.8, 4) is 0 Å². The SMILES string of the molecule is C[C@@H]1C[C@@H](C(N)=O)c2ccccc2N1C(=O)c1cc2c(s1)CCCCCC2. The van der Waals surface area contributed by atoms with Gasteiger partial charge in [0.2, 0.25) is 5.91 Å². The van der Waals surface area contributed by atoms with E-state index in [0.717, 1.165) is 29.0 Å². The highest BCUT2D eigenvalue weighted by Crippen LogP contribution is 2.40. The van der Waals surface area contributed by atoms with Gasteiger partial charge in [-0.05, 0) is 62.3 Å². The molecule has 2 atom stereocenters. The van der Waals surface area contributed by atoms with E-state index in [4.69, 9.17) is 5.73 Å². The zero-order chi connectivity index (χ0) is 19.0. The van der Waals surface area contributed by atoms with Crippen molar-refractivity contribution in [3.05, 3.63) is 51.2 Å². The van der Waals surface area contributed by atoms with Crippen LogP contribution in [0.25, 0.3) is 0 Å². The predicted molar refractivity (Wildman–Crippen MR) is 109 cm³/mol. The zero-order valence-corrected chi connectivity index (χ0v) is 16.6. The number of amides is 2.